The number of carboxylic acids is 1. The summed E-state index contributed by atoms with van der Waals surface area (Å²) < 4.78 is 0.790. The lowest BCUT2D eigenvalue weighted by atomic mass is 9.86. The van der Waals surface area contributed by atoms with E-state index in [-0.39, 0.29) is 17.8 Å². The van der Waals surface area contributed by atoms with Gasteiger partial charge < -0.3 is 10.0 Å². The fraction of sp³-hybridized carbons (Fsp3) is 0.522. The zero-order chi connectivity index (χ0) is 22.1. The largest absolute Gasteiger partial charge is 0.481 e. The molecule has 1 aliphatic carbocycles. The molecule has 8 heteroatoms. The van der Waals surface area contributed by atoms with Gasteiger partial charge in [-0.2, -0.15) is 0 Å². The molecule has 0 spiro atoms. The van der Waals surface area contributed by atoms with E-state index < -0.39 is 5.97 Å². The molecule has 1 aromatic heterocycles. The molecule has 31 heavy (non-hydrogen) atoms. The van der Waals surface area contributed by atoms with Gasteiger partial charge in [-0.05, 0) is 56.4 Å². The summed E-state index contributed by atoms with van der Waals surface area (Å²) in [6.45, 7) is 3.02. The number of carboxylic acid groups (broad SMARTS) is 1. The van der Waals surface area contributed by atoms with E-state index in [1.54, 1.807) is 6.20 Å². The highest BCUT2D eigenvalue weighted by molar-refractivity contribution is 8.01. The zero-order valence-electron chi connectivity index (χ0n) is 18.0. The third kappa shape index (κ3) is 7.85. The van der Waals surface area contributed by atoms with Crippen molar-refractivity contribution in [2.24, 2.45) is 5.92 Å². The molecular formula is C23H31N3O3S2. The Hall–Kier alpha value is -2.06. The number of rotatable bonds is 10. The molecular weight excluding hydrogens is 430 g/mol. The highest BCUT2D eigenvalue weighted by atomic mass is 32.2. The number of nitrogens with one attached hydrogen (secondary N) is 1. The number of benzene rings is 1. The van der Waals surface area contributed by atoms with E-state index in [0.29, 0.717) is 5.13 Å². The van der Waals surface area contributed by atoms with Crippen LogP contribution >= 0.6 is 23.1 Å². The summed E-state index contributed by atoms with van der Waals surface area (Å²) >= 11 is 2.54. The standard InChI is InChI=1S/C23H31N3O3S2/c1-17-10-12-19(13-11-17)26(14-6-5-9-18-7-3-2-4-8-18)23(29)25-22-24-15-21(31-22)30-16-20(27)28/h2-4,7-8,15,17,19H,5-6,9-14,16H2,1H3,(H,27,28)(H,24,25,29). The fourth-order valence-electron chi connectivity index (χ4n) is 3.94. The lowest BCUT2D eigenvalue weighted by Gasteiger charge is -2.36. The molecule has 1 aliphatic rings. The first-order valence-corrected chi connectivity index (χ1v) is 12.7. The summed E-state index contributed by atoms with van der Waals surface area (Å²) in [6, 6.07) is 10.6. The Balaban J connectivity index is 1.56. The van der Waals surface area contributed by atoms with Crippen molar-refractivity contribution in [3.8, 4) is 0 Å². The number of anilines is 1. The number of hydrogen-bond acceptors (Lipinski definition) is 5. The lowest BCUT2D eigenvalue weighted by Crippen LogP contribution is -2.45. The number of aryl methyl sites for hydroxylation is 1. The average molecular weight is 462 g/mol. The highest BCUT2D eigenvalue weighted by Gasteiger charge is 2.27. The minimum Gasteiger partial charge on any atom is -0.481 e. The van der Waals surface area contributed by atoms with E-state index in [0.717, 1.165) is 61.6 Å². The van der Waals surface area contributed by atoms with Gasteiger partial charge in [-0.25, -0.2) is 9.78 Å². The molecule has 2 N–H and O–H groups in total. The summed E-state index contributed by atoms with van der Waals surface area (Å²) in [7, 11) is 0. The van der Waals surface area contributed by atoms with Gasteiger partial charge >= 0.3 is 12.0 Å². The van der Waals surface area contributed by atoms with Gasteiger partial charge in [0, 0.05) is 12.6 Å². The van der Waals surface area contributed by atoms with Crippen molar-refractivity contribution in [3.63, 3.8) is 0 Å². The first-order valence-electron chi connectivity index (χ1n) is 10.9. The molecule has 168 valence electrons. The van der Waals surface area contributed by atoms with Gasteiger partial charge in [-0.1, -0.05) is 48.6 Å². The number of thiazole rings is 1. The summed E-state index contributed by atoms with van der Waals surface area (Å²) in [5.41, 5.74) is 1.33. The van der Waals surface area contributed by atoms with E-state index in [1.807, 2.05) is 11.0 Å². The number of thioether (sulfide) groups is 1. The minimum atomic E-state index is -0.864. The Bertz CT molecular complexity index is 836. The Morgan fingerprint density at radius 2 is 1.94 bits per heavy atom. The lowest BCUT2D eigenvalue weighted by molar-refractivity contribution is -0.133. The first-order chi connectivity index (χ1) is 15.0. The van der Waals surface area contributed by atoms with Crippen molar-refractivity contribution in [3.05, 3.63) is 42.1 Å². The predicted octanol–water partition coefficient (Wildman–Crippen LogP) is 5.76. The van der Waals surface area contributed by atoms with Crippen molar-refractivity contribution < 1.29 is 14.7 Å². The number of hydrogen-bond donors (Lipinski definition) is 2. The quantitative estimate of drug-likeness (QED) is 0.347. The third-order valence-electron chi connectivity index (χ3n) is 5.68. The second kappa shape index (κ2) is 12.1. The number of unbranched alkanes of at least 4 members (excludes halogenated alkanes) is 1. The summed E-state index contributed by atoms with van der Waals surface area (Å²) in [6.07, 6.45) is 9.07. The van der Waals surface area contributed by atoms with Crippen LogP contribution in [0, 0.1) is 5.92 Å². The predicted molar refractivity (Wildman–Crippen MR) is 127 cm³/mol. The van der Waals surface area contributed by atoms with Crippen molar-refractivity contribution in [2.75, 3.05) is 17.6 Å². The van der Waals surface area contributed by atoms with E-state index in [9.17, 15) is 9.59 Å². The van der Waals surface area contributed by atoms with E-state index >= 15 is 0 Å². The number of nitrogens with zero attached hydrogens (tertiary/aromatic N) is 2. The molecule has 0 bridgehead atoms. The van der Waals surface area contributed by atoms with E-state index in [1.165, 1.54) is 28.7 Å². The Labute approximate surface area is 192 Å². The van der Waals surface area contributed by atoms with Crippen LogP contribution in [0.4, 0.5) is 9.93 Å². The minimum absolute atomic E-state index is 0.0105. The Morgan fingerprint density at radius 1 is 1.19 bits per heavy atom. The van der Waals surface area contributed by atoms with E-state index in [2.05, 4.69) is 41.5 Å². The van der Waals surface area contributed by atoms with Gasteiger partial charge in [0.05, 0.1) is 16.2 Å². The normalized spacial score (nSPS) is 18.5. The van der Waals surface area contributed by atoms with Crippen LogP contribution in [-0.4, -0.2) is 45.3 Å². The maximum absolute atomic E-state index is 13.1. The van der Waals surface area contributed by atoms with Crippen LogP contribution in [0.2, 0.25) is 0 Å². The molecule has 6 nitrogen and oxygen atoms in total. The van der Waals surface area contributed by atoms with Crippen LogP contribution in [0.3, 0.4) is 0 Å². The number of urea groups is 1. The number of aromatic nitrogens is 1. The van der Waals surface area contributed by atoms with Crippen molar-refractivity contribution in [2.45, 2.75) is 62.1 Å². The van der Waals surface area contributed by atoms with Crippen molar-refractivity contribution >= 4 is 40.2 Å². The number of amides is 2. The van der Waals surface area contributed by atoms with Gasteiger partial charge in [0.1, 0.15) is 0 Å². The first kappa shape index (κ1) is 23.6. The van der Waals surface area contributed by atoms with Crippen LogP contribution in [0.5, 0.6) is 0 Å². The molecule has 0 radical (unpaired) electrons. The van der Waals surface area contributed by atoms with Crippen molar-refractivity contribution in [1.82, 2.24) is 9.88 Å². The van der Waals surface area contributed by atoms with Gasteiger partial charge in [0.15, 0.2) is 5.13 Å². The molecule has 3 rings (SSSR count). The molecule has 0 atom stereocenters. The molecule has 1 saturated carbocycles. The molecule has 1 fully saturated rings. The monoisotopic (exact) mass is 461 g/mol. The summed E-state index contributed by atoms with van der Waals surface area (Å²) in [4.78, 5) is 30.1. The van der Waals surface area contributed by atoms with Gasteiger partial charge in [0.25, 0.3) is 0 Å². The van der Waals surface area contributed by atoms with Gasteiger partial charge in [-0.3, -0.25) is 10.1 Å². The van der Waals surface area contributed by atoms with Crippen LogP contribution < -0.4 is 5.32 Å². The maximum atomic E-state index is 13.1. The Morgan fingerprint density at radius 3 is 2.65 bits per heavy atom. The maximum Gasteiger partial charge on any atom is 0.323 e. The van der Waals surface area contributed by atoms with Gasteiger partial charge in [0.2, 0.25) is 0 Å². The molecule has 0 saturated heterocycles. The zero-order valence-corrected chi connectivity index (χ0v) is 19.6. The van der Waals surface area contributed by atoms with Crippen LogP contribution in [0.15, 0.2) is 40.7 Å². The second-order valence-electron chi connectivity index (χ2n) is 8.15. The molecule has 2 aromatic rings. The van der Waals surface area contributed by atoms with Crippen molar-refractivity contribution in [1.29, 1.82) is 0 Å². The van der Waals surface area contributed by atoms with Crippen LogP contribution in [-0.2, 0) is 11.2 Å². The fourth-order valence-corrected chi connectivity index (χ4v) is 5.52. The smallest absolute Gasteiger partial charge is 0.323 e. The van der Waals surface area contributed by atoms with Crippen LogP contribution in [0.25, 0.3) is 0 Å². The molecule has 2 amide bonds. The van der Waals surface area contributed by atoms with E-state index in [4.69, 9.17) is 5.11 Å². The molecule has 0 unspecified atom stereocenters. The second-order valence-corrected chi connectivity index (χ2v) is 10.5. The molecule has 1 heterocycles. The van der Waals surface area contributed by atoms with Gasteiger partial charge in [-0.15, -0.1) is 11.8 Å². The third-order valence-corrected chi connectivity index (χ3v) is 7.77. The highest BCUT2D eigenvalue weighted by Crippen LogP contribution is 2.30. The Kier molecular flexibility index (Phi) is 9.21. The number of carbonyl (C=O) groups excluding carboxylic acids is 1. The molecule has 1 aromatic carbocycles. The summed E-state index contributed by atoms with van der Waals surface area (Å²) in [5.74, 6) is -0.146. The van der Waals surface area contributed by atoms with Crippen LogP contribution in [0.1, 0.15) is 51.0 Å². The average Bonchev–Trinajstić information content (AvgIpc) is 3.21. The number of aliphatic carboxylic acids is 1. The summed E-state index contributed by atoms with van der Waals surface area (Å²) in [5, 5.41) is 12.3. The number of carbonyl (C=O) groups is 2. The SMILES string of the molecule is CC1CCC(N(CCCCc2ccccc2)C(=O)Nc2ncc(SCC(=O)O)s2)CC1. The topological polar surface area (TPSA) is 82.5 Å². The molecule has 0 aliphatic heterocycles.